The van der Waals surface area contributed by atoms with Gasteiger partial charge in [-0.25, -0.2) is 9.78 Å². The number of nitrogens with one attached hydrogen (secondary N) is 1. The van der Waals surface area contributed by atoms with Crippen molar-refractivity contribution in [2.75, 3.05) is 11.9 Å². The van der Waals surface area contributed by atoms with Crippen LogP contribution in [0.25, 0.3) is 0 Å². The summed E-state index contributed by atoms with van der Waals surface area (Å²) in [5.41, 5.74) is 0.285. The van der Waals surface area contributed by atoms with Gasteiger partial charge in [0.25, 0.3) is 5.91 Å². The Morgan fingerprint density at radius 2 is 2.00 bits per heavy atom. The standard InChI is InChI=1S/C14H11ClN2O4/c15-10-3-1-2-4-12(10)21-8-13(18)17-9-5-6-11(14(19)20)16-7-9/h1-7H,8H2,(H,17,18)(H,19,20). The first-order valence-electron chi connectivity index (χ1n) is 5.93. The van der Waals surface area contributed by atoms with E-state index < -0.39 is 11.9 Å². The van der Waals surface area contributed by atoms with Crippen molar-refractivity contribution >= 4 is 29.2 Å². The first-order chi connectivity index (χ1) is 10.1. The number of ether oxygens (including phenoxy) is 1. The molecule has 2 rings (SSSR count). The highest BCUT2D eigenvalue weighted by Crippen LogP contribution is 2.22. The lowest BCUT2D eigenvalue weighted by atomic mass is 10.3. The second kappa shape index (κ2) is 6.71. The van der Waals surface area contributed by atoms with Crippen molar-refractivity contribution in [3.8, 4) is 5.75 Å². The second-order valence-corrected chi connectivity index (χ2v) is 4.41. The van der Waals surface area contributed by atoms with Gasteiger partial charge in [-0.05, 0) is 24.3 Å². The summed E-state index contributed by atoms with van der Waals surface area (Å²) < 4.78 is 5.27. The number of benzene rings is 1. The predicted molar refractivity (Wildman–Crippen MR) is 76.8 cm³/mol. The fourth-order valence-corrected chi connectivity index (χ4v) is 1.69. The van der Waals surface area contributed by atoms with Crippen LogP contribution < -0.4 is 10.1 Å². The van der Waals surface area contributed by atoms with Crippen molar-refractivity contribution < 1.29 is 19.4 Å². The fraction of sp³-hybridized carbons (Fsp3) is 0.0714. The van der Waals surface area contributed by atoms with Gasteiger partial charge in [0.05, 0.1) is 16.9 Å². The Kier molecular flexibility index (Phi) is 4.73. The van der Waals surface area contributed by atoms with Gasteiger partial charge in [-0.15, -0.1) is 0 Å². The van der Waals surface area contributed by atoms with Crippen LogP contribution >= 0.6 is 11.6 Å². The number of amides is 1. The highest BCUT2D eigenvalue weighted by molar-refractivity contribution is 6.32. The van der Waals surface area contributed by atoms with Crippen LogP contribution in [-0.4, -0.2) is 28.6 Å². The molecule has 0 spiro atoms. The van der Waals surface area contributed by atoms with E-state index in [0.29, 0.717) is 16.5 Å². The van der Waals surface area contributed by atoms with Crippen molar-refractivity contribution in [1.82, 2.24) is 4.98 Å². The van der Waals surface area contributed by atoms with Crippen LogP contribution in [0.5, 0.6) is 5.75 Å². The van der Waals surface area contributed by atoms with Crippen LogP contribution in [0.2, 0.25) is 5.02 Å². The molecule has 1 aromatic carbocycles. The van der Waals surface area contributed by atoms with Gasteiger partial charge >= 0.3 is 5.97 Å². The molecule has 2 N–H and O–H groups in total. The van der Waals surface area contributed by atoms with Gasteiger partial charge < -0.3 is 15.2 Å². The first kappa shape index (κ1) is 14.8. The maximum Gasteiger partial charge on any atom is 0.354 e. The van der Waals surface area contributed by atoms with Crippen LogP contribution in [0, 0.1) is 0 Å². The summed E-state index contributed by atoms with van der Waals surface area (Å²) >= 11 is 5.89. The summed E-state index contributed by atoms with van der Waals surface area (Å²) in [6.45, 7) is -0.218. The lowest BCUT2D eigenvalue weighted by Gasteiger charge is -2.08. The lowest BCUT2D eigenvalue weighted by molar-refractivity contribution is -0.118. The molecule has 0 saturated heterocycles. The quantitative estimate of drug-likeness (QED) is 0.885. The molecule has 2 aromatic rings. The van der Waals surface area contributed by atoms with Crippen molar-refractivity contribution in [2.45, 2.75) is 0 Å². The van der Waals surface area contributed by atoms with Gasteiger partial charge in [-0.3, -0.25) is 4.79 Å². The third-order valence-electron chi connectivity index (χ3n) is 2.46. The van der Waals surface area contributed by atoms with Crippen LogP contribution in [0.4, 0.5) is 5.69 Å². The Morgan fingerprint density at radius 1 is 1.24 bits per heavy atom. The molecule has 21 heavy (non-hydrogen) atoms. The van der Waals surface area contributed by atoms with E-state index in [1.165, 1.54) is 18.3 Å². The third-order valence-corrected chi connectivity index (χ3v) is 2.77. The van der Waals surface area contributed by atoms with Crippen LogP contribution in [-0.2, 0) is 4.79 Å². The Balaban J connectivity index is 1.90. The van der Waals surface area contributed by atoms with Gasteiger partial charge in [0.2, 0.25) is 0 Å². The van der Waals surface area contributed by atoms with Crippen LogP contribution in [0.15, 0.2) is 42.6 Å². The predicted octanol–water partition coefficient (Wildman–Crippen LogP) is 2.45. The average Bonchev–Trinajstić information content (AvgIpc) is 2.47. The summed E-state index contributed by atoms with van der Waals surface area (Å²) in [6.07, 6.45) is 1.26. The number of carbonyl (C=O) groups excluding carboxylic acids is 1. The summed E-state index contributed by atoms with van der Waals surface area (Å²) in [4.78, 5) is 26.0. The number of para-hydroxylation sites is 1. The minimum Gasteiger partial charge on any atom is -0.482 e. The fourth-order valence-electron chi connectivity index (χ4n) is 1.50. The van der Waals surface area contributed by atoms with Gasteiger partial charge in [0.1, 0.15) is 11.4 Å². The molecule has 0 unspecified atom stereocenters. The zero-order chi connectivity index (χ0) is 15.2. The number of hydrogen-bond donors (Lipinski definition) is 2. The van der Waals surface area contributed by atoms with Crippen LogP contribution in [0.3, 0.4) is 0 Å². The van der Waals surface area contributed by atoms with Gasteiger partial charge in [-0.1, -0.05) is 23.7 Å². The van der Waals surface area contributed by atoms with Crippen molar-refractivity contribution in [2.24, 2.45) is 0 Å². The minimum absolute atomic E-state index is 0.0969. The van der Waals surface area contributed by atoms with E-state index in [1.54, 1.807) is 24.3 Å². The minimum atomic E-state index is -1.13. The number of aromatic nitrogens is 1. The Hall–Kier alpha value is -2.60. The molecule has 0 atom stereocenters. The molecule has 0 aliphatic heterocycles. The summed E-state index contributed by atoms with van der Waals surface area (Å²) in [6, 6.07) is 9.55. The maximum absolute atomic E-state index is 11.7. The van der Waals surface area contributed by atoms with E-state index >= 15 is 0 Å². The van der Waals surface area contributed by atoms with Gasteiger partial charge in [-0.2, -0.15) is 0 Å². The molecule has 0 aliphatic carbocycles. The zero-order valence-electron chi connectivity index (χ0n) is 10.7. The molecule has 1 heterocycles. The molecule has 0 fully saturated rings. The number of nitrogens with zero attached hydrogens (tertiary/aromatic N) is 1. The number of rotatable bonds is 5. The number of pyridine rings is 1. The number of anilines is 1. The molecule has 0 aliphatic rings. The van der Waals surface area contributed by atoms with E-state index in [0.717, 1.165) is 0 Å². The van der Waals surface area contributed by atoms with E-state index in [9.17, 15) is 9.59 Å². The summed E-state index contributed by atoms with van der Waals surface area (Å²) in [5, 5.41) is 11.7. The summed E-state index contributed by atoms with van der Waals surface area (Å²) in [7, 11) is 0. The van der Waals surface area contributed by atoms with Crippen molar-refractivity contribution in [1.29, 1.82) is 0 Å². The molecule has 1 amide bonds. The number of hydrogen-bond acceptors (Lipinski definition) is 4. The monoisotopic (exact) mass is 306 g/mol. The Bertz CT molecular complexity index is 658. The van der Waals surface area contributed by atoms with Gasteiger partial charge in [0, 0.05) is 0 Å². The molecule has 0 saturated carbocycles. The van der Waals surface area contributed by atoms with E-state index in [4.69, 9.17) is 21.4 Å². The highest BCUT2D eigenvalue weighted by Gasteiger charge is 2.08. The van der Waals surface area contributed by atoms with Crippen LogP contribution in [0.1, 0.15) is 10.5 Å². The number of carboxylic acid groups (broad SMARTS) is 1. The second-order valence-electron chi connectivity index (χ2n) is 4.00. The Labute approximate surface area is 125 Å². The summed E-state index contributed by atoms with van der Waals surface area (Å²) in [5.74, 6) is -1.12. The van der Waals surface area contributed by atoms with Crippen molar-refractivity contribution in [3.05, 3.63) is 53.3 Å². The van der Waals surface area contributed by atoms with E-state index in [1.807, 2.05) is 0 Å². The van der Waals surface area contributed by atoms with Gasteiger partial charge in [0.15, 0.2) is 6.61 Å². The molecular formula is C14H11ClN2O4. The number of carboxylic acids is 1. The smallest absolute Gasteiger partial charge is 0.354 e. The maximum atomic E-state index is 11.7. The third kappa shape index (κ3) is 4.19. The molecule has 6 nitrogen and oxygen atoms in total. The number of carbonyl (C=O) groups is 2. The largest absolute Gasteiger partial charge is 0.482 e. The van der Waals surface area contributed by atoms with E-state index in [2.05, 4.69) is 10.3 Å². The first-order valence-corrected chi connectivity index (χ1v) is 6.30. The molecule has 1 aromatic heterocycles. The van der Waals surface area contributed by atoms with Crippen molar-refractivity contribution in [3.63, 3.8) is 0 Å². The topological polar surface area (TPSA) is 88.5 Å². The Morgan fingerprint density at radius 3 is 2.62 bits per heavy atom. The molecular weight excluding hydrogens is 296 g/mol. The number of halogens is 1. The molecule has 0 radical (unpaired) electrons. The normalized spacial score (nSPS) is 9.95. The molecule has 108 valence electrons. The van der Waals surface area contributed by atoms with E-state index in [-0.39, 0.29) is 12.3 Å². The average molecular weight is 307 g/mol. The highest BCUT2D eigenvalue weighted by atomic mass is 35.5. The SMILES string of the molecule is O=C(COc1ccccc1Cl)Nc1ccc(C(=O)O)nc1. The lowest BCUT2D eigenvalue weighted by Crippen LogP contribution is -2.20. The number of aromatic carboxylic acids is 1. The molecule has 0 bridgehead atoms. The zero-order valence-corrected chi connectivity index (χ0v) is 11.5. The molecule has 7 heteroatoms.